The Hall–Kier alpha value is -1.69. The predicted octanol–water partition coefficient (Wildman–Crippen LogP) is 5.67. The summed E-state index contributed by atoms with van der Waals surface area (Å²) in [6, 6.07) is 14.5. The summed E-state index contributed by atoms with van der Waals surface area (Å²) in [5.74, 6) is 0.710. The van der Waals surface area contributed by atoms with Gasteiger partial charge in [0, 0.05) is 40.2 Å². The van der Waals surface area contributed by atoms with E-state index in [1.54, 1.807) is 41.8 Å². The number of rotatable bonds is 10. The van der Waals surface area contributed by atoms with Crippen molar-refractivity contribution < 1.29 is 9.59 Å². The van der Waals surface area contributed by atoms with Crippen molar-refractivity contribution in [1.29, 1.82) is 0 Å². The van der Waals surface area contributed by atoms with Gasteiger partial charge in [0.1, 0.15) is 6.04 Å². The highest BCUT2D eigenvalue weighted by Gasteiger charge is 2.26. The van der Waals surface area contributed by atoms with Crippen LogP contribution in [0.25, 0.3) is 0 Å². The van der Waals surface area contributed by atoms with Crippen molar-refractivity contribution in [1.82, 2.24) is 10.2 Å². The largest absolute Gasteiger partial charge is 0.354 e. The third-order valence-electron chi connectivity index (χ3n) is 4.54. The number of hydrogen-bond donors (Lipinski definition) is 1. The Morgan fingerprint density at radius 1 is 1.07 bits per heavy atom. The van der Waals surface area contributed by atoms with Crippen LogP contribution in [0.3, 0.4) is 0 Å². The van der Waals surface area contributed by atoms with Crippen LogP contribution >= 0.6 is 35.0 Å². The van der Waals surface area contributed by atoms with E-state index in [-0.39, 0.29) is 18.4 Å². The molecule has 2 aromatic rings. The van der Waals surface area contributed by atoms with E-state index >= 15 is 0 Å². The van der Waals surface area contributed by atoms with Gasteiger partial charge < -0.3 is 10.2 Å². The average Bonchev–Trinajstić information content (AvgIpc) is 2.71. The van der Waals surface area contributed by atoms with E-state index in [0.29, 0.717) is 34.7 Å². The molecule has 0 aromatic heterocycles. The molecule has 0 heterocycles. The van der Waals surface area contributed by atoms with Gasteiger partial charge in [0.25, 0.3) is 0 Å². The average molecular weight is 467 g/mol. The van der Waals surface area contributed by atoms with Gasteiger partial charge in [-0.15, -0.1) is 11.8 Å². The quantitative estimate of drug-likeness (QED) is 0.459. The highest BCUT2D eigenvalue weighted by Crippen LogP contribution is 2.24. The lowest BCUT2D eigenvalue weighted by Crippen LogP contribution is -2.48. The summed E-state index contributed by atoms with van der Waals surface area (Å²) in [6.07, 6.45) is 0.326. The normalized spacial score (nSPS) is 11.9. The van der Waals surface area contributed by atoms with Crippen LogP contribution in [-0.2, 0) is 16.1 Å². The smallest absolute Gasteiger partial charge is 0.242 e. The number of halogens is 2. The second-order valence-electron chi connectivity index (χ2n) is 7.48. The van der Waals surface area contributed by atoms with Crippen LogP contribution in [0, 0.1) is 5.92 Å². The first kappa shape index (κ1) is 24.6. The summed E-state index contributed by atoms with van der Waals surface area (Å²) >= 11 is 13.9. The Morgan fingerprint density at radius 3 is 2.40 bits per heavy atom. The van der Waals surface area contributed by atoms with Crippen molar-refractivity contribution in [2.45, 2.75) is 44.7 Å². The number of hydrogen-bond acceptors (Lipinski definition) is 3. The minimum atomic E-state index is -0.607. The van der Waals surface area contributed by atoms with E-state index in [1.807, 2.05) is 44.2 Å². The Balaban J connectivity index is 2.10. The lowest BCUT2D eigenvalue weighted by Gasteiger charge is -2.29. The van der Waals surface area contributed by atoms with Gasteiger partial charge in [0.15, 0.2) is 0 Å². The van der Waals surface area contributed by atoms with Crippen LogP contribution in [0.5, 0.6) is 0 Å². The molecule has 1 atom stereocenters. The van der Waals surface area contributed by atoms with Gasteiger partial charge in [0.05, 0.1) is 0 Å². The summed E-state index contributed by atoms with van der Waals surface area (Å²) in [6.45, 7) is 6.63. The first-order chi connectivity index (χ1) is 14.3. The maximum atomic E-state index is 13.1. The van der Waals surface area contributed by atoms with Crippen molar-refractivity contribution in [3.63, 3.8) is 0 Å². The second kappa shape index (κ2) is 12.2. The molecular formula is C23H28Cl2N2O2S. The molecule has 4 nitrogen and oxygen atoms in total. The number of thioether (sulfide) groups is 1. The molecule has 1 N–H and O–H groups in total. The van der Waals surface area contributed by atoms with Crippen molar-refractivity contribution in [2.75, 3.05) is 12.3 Å². The third kappa shape index (κ3) is 7.86. The van der Waals surface area contributed by atoms with E-state index in [9.17, 15) is 9.59 Å². The molecular weight excluding hydrogens is 439 g/mol. The molecule has 162 valence electrons. The molecule has 0 aliphatic carbocycles. The molecule has 30 heavy (non-hydrogen) atoms. The standard InChI is InChI=1S/C23H28Cl2N2O2S/c1-16(2)14-26-23(29)17(3)27(15-18-9-10-19(24)13-21(18)25)22(28)11-12-30-20-7-5-4-6-8-20/h4-10,13,16-17H,11-12,14-15H2,1-3H3,(H,26,29)/t17-/m1/s1. The zero-order chi connectivity index (χ0) is 22.1. The second-order valence-corrected chi connectivity index (χ2v) is 9.50. The first-order valence-corrected chi connectivity index (χ1v) is 11.7. The van der Waals surface area contributed by atoms with Gasteiger partial charge in [-0.3, -0.25) is 9.59 Å². The molecule has 2 aromatic carbocycles. The van der Waals surface area contributed by atoms with Crippen LogP contribution in [0.15, 0.2) is 53.4 Å². The maximum Gasteiger partial charge on any atom is 0.242 e. The number of amides is 2. The molecule has 0 unspecified atom stereocenters. The Kier molecular flexibility index (Phi) is 10.0. The maximum absolute atomic E-state index is 13.1. The van der Waals surface area contributed by atoms with Crippen molar-refractivity contribution in [3.05, 3.63) is 64.1 Å². The van der Waals surface area contributed by atoms with Crippen LogP contribution in [0.2, 0.25) is 10.0 Å². The zero-order valence-electron chi connectivity index (χ0n) is 17.5. The van der Waals surface area contributed by atoms with Crippen molar-refractivity contribution >= 4 is 46.8 Å². The topological polar surface area (TPSA) is 49.4 Å². The fourth-order valence-corrected chi connectivity index (χ4v) is 4.12. The van der Waals surface area contributed by atoms with Gasteiger partial charge in [-0.1, -0.05) is 61.3 Å². The lowest BCUT2D eigenvalue weighted by molar-refractivity contribution is -0.140. The number of nitrogens with zero attached hydrogens (tertiary/aromatic N) is 1. The van der Waals surface area contributed by atoms with Gasteiger partial charge in [-0.25, -0.2) is 0 Å². The van der Waals surface area contributed by atoms with E-state index < -0.39 is 6.04 Å². The fraction of sp³-hybridized carbons (Fsp3) is 0.391. The Bertz CT molecular complexity index is 846. The SMILES string of the molecule is CC(C)CNC(=O)[C@@H](C)N(Cc1ccc(Cl)cc1Cl)C(=O)CCSc1ccccc1. The summed E-state index contributed by atoms with van der Waals surface area (Å²) < 4.78 is 0. The molecule has 0 saturated heterocycles. The predicted molar refractivity (Wildman–Crippen MR) is 126 cm³/mol. The third-order valence-corrected chi connectivity index (χ3v) is 6.14. The minimum Gasteiger partial charge on any atom is -0.354 e. The summed E-state index contributed by atoms with van der Waals surface area (Å²) in [7, 11) is 0. The molecule has 2 amide bonds. The molecule has 0 bridgehead atoms. The molecule has 0 saturated carbocycles. The number of carbonyl (C=O) groups excluding carboxylic acids is 2. The molecule has 0 spiro atoms. The Morgan fingerprint density at radius 2 is 1.77 bits per heavy atom. The van der Waals surface area contributed by atoms with E-state index in [2.05, 4.69) is 5.32 Å². The fourth-order valence-electron chi connectivity index (χ4n) is 2.79. The zero-order valence-corrected chi connectivity index (χ0v) is 19.9. The number of carbonyl (C=O) groups is 2. The van der Waals surface area contributed by atoms with Crippen molar-refractivity contribution in [2.24, 2.45) is 5.92 Å². The van der Waals surface area contributed by atoms with Crippen LogP contribution in [0.1, 0.15) is 32.8 Å². The highest BCUT2D eigenvalue weighted by molar-refractivity contribution is 7.99. The summed E-state index contributed by atoms with van der Waals surface area (Å²) in [5, 5.41) is 3.93. The van der Waals surface area contributed by atoms with E-state index in [1.165, 1.54) is 0 Å². The number of benzene rings is 2. The molecule has 7 heteroatoms. The number of nitrogens with one attached hydrogen (secondary N) is 1. The lowest BCUT2D eigenvalue weighted by atomic mass is 10.1. The van der Waals surface area contributed by atoms with Crippen molar-refractivity contribution in [3.8, 4) is 0 Å². The monoisotopic (exact) mass is 466 g/mol. The van der Waals surface area contributed by atoms with E-state index in [4.69, 9.17) is 23.2 Å². The molecule has 2 rings (SSSR count). The Labute approximate surface area is 193 Å². The molecule has 0 aliphatic rings. The van der Waals surface area contributed by atoms with Gasteiger partial charge in [0.2, 0.25) is 11.8 Å². The highest BCUT2D eigenvalue weighted by atomic mass is 35.5. The minimum absolute atomic E-state index is 0.0864. The summed E-state index contributed by atoms with van der Waals surface area (Å²) in [4.78, 5) is 28.4. The van der Waals surface area contributed by atoms with Gasteiger partial charge >= 0.3 is 0 Å². The van der Waals surface area contributed by atoms with Gasteiger partial charge in [-0.05, 0) is 42.7 Å². The summed E-state index contributed by atoms with van der Waals surface area (Å²) in [5.41, 5.74) is 0.758. The van der Waals surface area contributed by atoms with Crippen LogP contribution < -0.4 is 5.32 Å². The van der Waals surface area contributed by atoms with E-state index in [0.717, 1.165) is 10.5 Å². The molecule has 0 aliphatic heterocycles. The first-order valence-electron chi connectivity index (χ1n) is 9.97. The molecule has 0 fully saturated rings. The van der Waals surface area contributed by atoms with Gasteiger partial charge in [-0.2, -0.15) is 0 Å². The van der Waals surface area contributed by atoms with Crippen LogP contribution in [-0.4, -0.2) is 35.1 Å². The molecule has 0 radical (unpaired) electrons. The van der Waals surface area contributed by atoms with Crippen LogP contribution in [0.4, 0.5) is 0 Å².